The van der Waals surface area contributed by atoms with Crippen molar-refractivity contribution in [2.45, 2.75) is 13.1 Å². The van der Waals surface area contributed by atoms with Crippen molar-refractivity contribution in [1.29, 1.82) is 0 Å². The fraction of sp³-hybridized carbons (Fsp3) is 0.231. The molecule has 2 heterocycles. The number of hydrogen-bond acceptors (Lipinski definition) is 5. The van der Waals surface area contributed by atoms with E-state index in [2.05, 4.69) is 20.6 Å². The van der Waals surface area contributed by atoms with Crippen molar-refractivity contribution in [2.75, 3.05) is 12.4 Å². The van der Waals surface area contributed by atoms with E-state index in [1.165, 1.54) is 0 Å². The van der Waals surface area contributed by atoms with Gasteiger partial charge in [0.1, 0.15) is 5.75 Å². The van der Waals surface area contributed by atoms with Crippen LogP contribution < -0.4 is 20.9 Å². The highest BCUT2D eigenvalue weighted by Crippen LogP contribution is 2.18. The average Bonchev–Trinajstić information content (AvgIpc) is 2.88. The van der Waals surface area contributed by atoms with Crippen molar-refractivity contribution in [3.05, 3.63) is 45.9 Å². The summed E-state index contributed by atoms with van der Waals surface area (Å²) in [5.74, 6) is 1.24. The number of H-pyrrole nitrogens is 1. The van der Waals surface area contributed by atoms with Crippen LogP contribution in [0.3, 0.4) is 0 Å². The standard InChI is InChI=1S/C13H14N4O2/c1-19-9-4-2-8(3-5-9)15-13-16-11-7-14-6-10(11)12(18)17-13/h2-5,14H,6-7H2,1H3,(H2,15,16,17,18). The molecule has 98 valence electrons. The number of rotatable bonds is 3. The molecule has 0 atom stereocenters. The number of aromatic amines is 1. The number of anilines is 2. The fourth-order valence-corrected chi connectivity index (χ4v) is 2.05. The van der Waals surface area contributed by atoms with Crippen LogP contribution in [0, 0.1) is 0 Å². The summed E-state index contributed by atoms with van der Waals surface area (Å²) >= 11 is 0. The predicted molar refractivity (Wildman–Crippen MR) is 71.7 cm³/mol. The van der Waals surface area contributed by atoms with Crippen LogP contribution in [0.2, 0.25) is 0 Å². The lowest BCUT2D eigenvalue weighted by Crippen LogP contribution is -2.16. The number of benzene rings is 1. The van der Waals surface area contributed by atoms with Gasteiger partial charge in [-0.2, -0.15) is 0 Å². The second-order valence-corrected chi connectivity index (χ2v) is 4.30. The molecule has 0 fully saturated rings. The quantitative estimate of drug-likeness (QED) is 0.769. The number of hydrogen-bond donors (Lipinski definition) is 3. The molecule has 0 amide bonds. The van der Waals surface area contributed by atoms with E-state index in [-0.39, 0.29) is 5.56 Å². The summed E-state index contributed by atoms with van der Waals surface area (Å²) in [5, 5.41) is 6.18. The number of nitrogens with one attached hydrogen (secondary N) is 3. The summed E-state index contributed by atoms with van der Waals surface area (Å²) in [5.41, 5.74) is 2.28. The molecule has 0 saturated carbocycles. The molecular weight excluding hydrogens is 244 g/mol. The van der Waals surface area contributed by atoms with E-state index in [0.29, 0.717) is 19.0 Å². The monoisotopic (exact) mass is 258 g/mol. The van der Waals surface area contributed by atoms with Gasteiger partial charge in [-0.3, -0.25) is 9.78 Å². The number of aromatic nitrogens is 2. The molecule has 6 heteroatoms. The molecule has 0 saturated heterocycles. The maximum absolute atomic E-state index is 11.8. The minimum Gasteiger partial charge on any atom is -0.497 e. The van der Waals surface area contributed by atoms with E-state index in [0.717, 1.165) is 22.7 Å². The van der Waals surface area contributed by atoms with Crippen molar-refractivity contribution >= 4 is 11.6 Å². The first kappa shape index (κ1) is 11.7. The topological polar surface area (TPSA) is 79.0 Å². The normalized spacial score (nSPS) is 13.1. The van der Waals surface area contributed by atoms with Gasteiger partial charge >= 0.3 is 0 Å². The molecule has 19 heavy (non-hydrogen) atoms. The van der Waals surface area contributed by atoms with Crippen LogP contribution in [0.15, 0.2) is 29.1 Å². The van der Waals surface area contributed by atoms with Gasteiger partial charge in [0.05, 0.1) is 18.4 Å². The van der Waals surface area contributed by atoms with Gasteiger partial charge in [-0.15, -0.1) is 0 Å². The number of ether oxygens (including phenoxy) is 1. The average molecular weight is 258 g/mol. The van der Waals surface area contributed by atoms with Gasteiger partial charge in [-0.25, -0.2) is 4.98 Å². The molecule has 0 radical (unpaired) electrons. The Bertz CT molecular complexity index is 649. The Morgan fingerprint density at radius 3 is 2.79 bits per heavy atom. The van der Waals surface area contributed by atoms with E-state index in [4.69, 9.17) is 4.74 Å². The minimum absolute atomic E-state index is 0.0917. The summed E-state index contributed by atoms with van der Waals surface area (Å²) in [6.07, 6.45) is 0. The molecule has 0 bridgehead atoms. The summed E-state index contributed by atoms with van der Waals surface area (Å²) in [4.78, 5) is 19.0. The van der Waals surface area contributed by atoms with E-state index >= 15 is 0 Å². The molecule has 0 spiro atoms. The van der Waals surface area contributed by atoms with Gasteiger partial charge in [-0.05, 0) is 24.3 Å². The van der Waals surface area contributed by atoms with Crippen LogP contribution in [0.4, 0.5) is 11.6 Å². The summed E-state index contributed by atoms with van der Waals surface area (Å²) in [6, 6.07) is 7.42. The second kappa shape index (κ2) is 4.74. The molecule has 0 aliphatic carbocycles. The Morgan fingerprint density at radius 2 is 2.05 bits per heavy atom. The first-order chi connectivity index (χ1) is 9.26. The lowest BCUT2D eigenvalue weighted by Gasteiger charge is -2.07. The number of methoxy groups -OCH3 is 1. The highest BCUT2D eigenvalue weighted by molar-refractivity contribution is 5.54. The molecule has 6 nitrogen and oxygen atoms in total. The van der Waals surface area contributed by atoms with E-state index in [1.807, 2.05) is 24.3 Å². The number of fused-ring (bicyclic) bond motifs is 1. The van der Waals surface area contributed by atoms with E-state index < -0.39 is 0 Å². The van der Waals surface area contributed by atoms with Crippen LogP contribution in [-0.4, -0.2) is 17.1 Å². The largest absolute Gasteiger partial charge is 0.497 e. The van der Waals surface area contributed by atoms with Crippen molar-refractivity contribution < 1.29 is 4.74 Å². The van der Waals surface area contributed by atoms with Gasteiger partial charge in [-0.1, -0.05) is 0 Å². The van der Waals surface area contributed by atoms with Gasteiger partial charge in [0.15, 0.2) is 0 Å². The lowest BCUT2D eigenvalue weighted by molar-refractivity contribution is 0.415. The zero-order chi connectivity index (χ0) is 13.2. The Labute approximate surface area is 109 Å². The van der Waals surface area contributed by atoms with Crippen LogP contribution in [0.5, 0.6) is 5.75 Å². The van der Waals surface area contributed by atoms with Crippen molar-refractivity contribution in [3.8, 4) is 5.75 Å². The molecule has 3 rings (SSSR count). The highest BCUT2D eigenvalue weighted by Gasteiger charge is 2.16. The van der Waals surface area contributed by atoms with Crippen molar-refractivity contribution in [1.82, 2.24) is 15.3 Å². The number of nitrogens with zero attached hydrogens (tertiary/aromatic N) is 1. The molecule has 1 aromatic carbocycles. The smallest absolute Gasteiger partial charge is 0.257 e. The maximum atomic E-state index is 11.8. The molecular formula is C13H14N4O2. The molecule has 1 aliphatic heterocycles. The van der Waals surface area contributed by atoms with Gasteiger partial charge in [0.2, 0.25) is 5.95 Å². The zero-order valence-electron chi connectivity index (χ0n) is 10.5. The maximum Gasteiger partial charge on any atom is 0.257 e. The minimum atomic E-state index is -0.0917. The molecule has 3 N–H and O–H groups in total. The van der Waals surface area contributed by atoms with Gasteiger partial charge in [0.25, 0.3) is 5.56 Å². The Hall–Kier alpha value is -2.34. The van der Waals surface area contributed by atoms with Crippen LogP contribution >= 0.6 is 0 Å². The molecule has 2 aromatic rings. The summed E-state index contributed by atoms with van der Waals surface area (Å²) in [6.45, 7) is 1.22. The third-order valence-electron chi connectivity index (χ3n) is 3.05. The molecule has 0 unspecified atom stereocenters. The molecule has 1 aliphatic rings. The van der Waals surface area contributed by atoms with E-state index in [9.17, 15) is 4.79 Å². The van der Waals surface area contributed by atoms with Gasteiger partial charge < -0.3 is 15.4 Å². The summed E-state index contributed by atoms with van der Waals surface area (Å²) < 4.78 is 5.09. The first-order valence-electron chi connectivity index (χ1n) is 6.00. The van der Waals surface area contributed by atoms with Crippen LogP contribution in [-0.2, 0) is 13.1 Å². The van der Waals surface area contributed by atoms with Crippen LogP contribution in [0.25, 0.3) is 0 Å². The van der Waals surface area contributed by atoms with E-state index in [1.54, 1.807) is 7.11 Å². The van der Waals surface area contributed by atoms with Gasteiger partial charge in [0, 0.05) is 18.8 Å². The molecule has 1 aromatic heterocycles. The zero-order valence-corrected chi connectivity index (χ0v) is 10.5. The fourth-order valence-electron chi connectivity index (χ4n) is 2.05. The van der Waals surface area contributed by atoms with Crippen molar-refractivity contribution in [2.24, 2.45) is 0 Å². The van der Waals surface area contributed by atoms with Crippen LogP contribution in [0.1, 0.15) is 11.3 Å². The summed E-state index contributed by atoms with van der Waals surface area (Å²) in [7, 11) is 1.62. The third kappa shape index (κ3) is 2.30. The Kier molecular flexibility index (Phi) is 2.92. The second-order valence-electron chi connectivity index (χ2n) is 4.30. The SMILES string of the molecule is COc1ccc(Nc2nc3c(c(=O)[nH]2)CNC3)cc1. The Balaban J connectivity index is 1.87. The van der Waals surface area contributed by atoms with Crippen molar-refractivity contribution in [3.63, 3.8) is 0 Å². The highest BCUT2D eigenvalue weighted by atomic mass is 16.5. The Morgan fingerprint density at radius 1 is 1.26 bits per heavy atom. The third-order valence-corrected chi connectivity index (χ3v) is 3.05. The first-order valence-corrected chi connectivity index (χ1v) is 6.00. The lowest BCUT2D eigenvalue weighted by atomic mass is 10.3. The predicted octanol–water partition coefficient (Wildman–Crippen LogP) is 1.13.